The molecule has 116 valence electrons. The smallest absolute Gasteiger partial charge is 0.142 e. The molecular formula is C18H28N2O. The van der Waals surface area contributed by atoms with Crippen LogP contribution >= 0.6 is 0 Å². The molecule has 1 unspecified atom stereocenters. The molecule has 0 aromatic heterocycles. The van der Waals surface area contributed by atoms with Gasteiger partial charge < -0.3 is 15.0 Å². The Morgan fingerprint density at radius 1 is 1.24 bits per heavy atom. The van der Waals surface area contributed by atoms with Crippen LogP contribution in [0.1, 0.15) is 39.5 Å². The number of anilines is 1. The van der Waals surface area contributed by atoms with Crippen molar-refractivity contribution >= 4 is 5.69 Å². The Hall–Kier alpha value is -1.22. The van der Waals surface area contributed by atoms with E-state index in [1.165, 1.54) is 31.4 Å². The number of hydrogen-bond acceptors (Lipinski definition) is 3. The molecule has 3 heteroatoms. The van der Waals surface area contributed by atoms with Crippen LogP contribution in [-0.4, -0.2) is 31.8 Å². The van der Waals surface area contributed by atoms with Crippen LogP contribution in [0.3, 0.4) is 0 Å². The summed E-state index contributed by atoms with van der Waals surface area (Å²) in [6.07, 6.45) is 5.34. The van der Waals surface area contributed by atoms with Gasteiger partial charge in [-0.15, -0.1) is 0 Å². The summed E-state index contributed by atoms with van der Waals surface area (Å²) in [4.78, 5) is 2.60. The maximum absolute atomic E-state index is 5.62. The fourth-order valence-corrected chi connectivity index (χ4v) is 4.04. The third-order valence-corrected chi connectivity index (χ3v) is 5.28. The summed E-state index contributed by atoms with van der Waals surface area (Å²) in [5, 5.41) is 3.88. The van der Waals surface area contributed by atoms with E-state index in [1.807, 2.05) is 0 Å². The standard InChI is InChI=1S/C18H28N2O/c1-14(2)16-12-19-18(10-6-7-11-18)13-20(16)15-8-4-5-9-17(15)21-3/h4-5,8-9,14,16,19H,6-7,10-13H2,1-3H3. The predicted molar refractivity (Wildman–Crippen MR) is 88.2 cm³/mol. The van der Waals surface area contributed by atoms with Crippen LogP contribution in [0.4, 0.5) is 5.69 Å². The van der Waals surface area contributed by atoms with E-state index >= 15 is 0 Å². The Balaban J connectivity index is 1.93. The molecule has 1 saturated heterocycles. The van der Waals surface area contributed by atoms with Crippen LogP contribution in [0.2, 0.25) is 0 Å². The average Bonchev–Trinajstić information content (AvgIpc) is 2.94. The van der Waals surface area contributed by atoms with Crippen molar-refractivity contribution in [3.63, 3.8) is 0 Å². The zero-order valence-electron chi connectivity index (χ0n) is 13.6. The molecule has 1 aliphatic carbocycles. The zero-order valence-corrected chi connectivity index (χ0v) is 13.6. The van der Waals surface area contributed by atoms with Crippen LogP contribution in [0.25, 0.3) is 0 Å². The topological polar surface area (TPSA) is 24.5 Å². The molecule has 1 saturated carbocycles. The number of para-hydroxylation sites is 2. The normalized spacial score (nSPS) is 24.8. The van der Waals surface area contributed by atoms with E-state index in [0.29, 0.717) is 17.5 Å². The molecule has 2 fully saturated rings. The van der Waals surface area contributed by atoms with Crippen molar-refractivity contribution < 1.29 is 4.74 Å². The summed E-state index contributed by atoms with van der Waals surface area (Å²) < 4.78 is 5.62. The van der Waals surface area contributed by atoms with Gasteiger partial charge in [0.05, 0.1) is 12.8 Å². The Labute approximate surface area is 128 Å². The third-order valence-electron chi connectivity index (χ3n) is 5.28. The second-order valence-corrected chi connectivity index (χ2v) is 6.98. The van der Waals surface area contributed by atoms with Gasteiger partial charge in [-0.2, -0.15) is 0 Å². The van der Waals surface area contributed by atoms with Crippen molar-refractivity contribution in [2.45, 2.75) is 51.1 Å². The van der Waals surface area contributed by atoms with Crippen molar-refractivity contribution in [2.75, 3.05) is 25.1 Å². The Kier molecular flexibility index (Phi) is 4.12. The molecule has 1 spiro atoms. The highest BCUT2D eigenvalue weighted by Gasteiger charge is 2.42. The molecule has 0 amide bonds. The highest BCUT2D eigenvalue weighted by atomic mass is 16.5. The van der Waals surface area contributed by atoms with E-state index in [0.717, 1.165) is 18.8 Å². The molecule has 1 N–H and O–H groups in total. The summed E-state index contributed by atoms with van der Waals surface area (Å²) >= 11 is 0. The fraction of sp³-hybridized carbons (Fsp3) is 0.667. The molecule has 2 aliphatic rings. The van der Waals surface area contributed by atoms with Gasteiger partial charge in [-0.05, 0) is 30.9 Å². The zero-order chi connectivity index (χ0) is 14.9. The maximum Gasteiger partial charge on any atom is 0.142 e. The van der Waals surface area contributed by atoms with E-state index < -0.39 is 0 Å². The first-order valence-electron chi connectivity index (χ1n) is 8.30. The van der Waals surface area contributed by atoms with Crippen molar-refractivity contribution in [3.05, 3.63) is 24.3 Å². The SMILES string of the molecule is COc1ccccc1N1CC2(CCCC2)NCC1C(C)C. The van der Waals surface area contributed by atoms with Crippen molar-refractivity contribution in [1.82, 2.24) is 5.32 Å². The van der Waals surface area contributed by atoms with Gasteiger partial charge in [0.25, 0.3) is 0 Å². The van der Waals surface area contributed by atoms with Gasteiger partial charge in [-0.1, -0.05) is 38.8 Å². The van der Waals surface area contributed by atoms with Crippen molar-refractivity contribution in [1.29, 1.82) is 0 Å². The molecular weight excluding hydrogens is 260 g/mol. The first kappa shape index (κ1) is 14.7. The van der Waals surface area contributed by atoms with Gasteiger partial charge in [0.2, 0.25) is 0 Å². The number of piperazine rings is 1. The van der Waals surface area contributed by atoms with Gasteiger partial charge in [-0.25, -0.2) is 0 Å². The number of hydrogen-bond donors (Lipinski definition) is 1. The first-order valence-corrected chi connectivity index (χ1v) is 8.30. The molecule has 21 heavy (non-hydrogen) atoms. The summed E-state index contributed by atoms with van der Waals surface area (Å²) in [6.45, 7) is 6.83. The minimum absolute atomic E-state index is 0.326. The highest BCUT2D eigenvalue weighted by Crippen LogP contribution is 2.39. The summed E-state index contributed by atoms with van der Waals surface area (Å²) in [6, 6.07) is 9.00. The number of benzene rings is 1. The van der Waals surface area contributed by atoms with Gasteiger partial charge in [0.15, 0.2) is 0 Å². The van der Waals surface area contributed by atoms with E-state index in [4.69, 9.17) is 4.74 Å². The maximum atomic E-state index is 5.62. The Morgan fingerprint density at radius 3 is 2.62 bits per heavy atom. The first-order chi connectivity index (χ1) is 10.2. The molecule has 0 bridgehead atoms. The summed E-state index contributed by atoms with van der Waals surface area (Å²) in [7, 11) is 1.77. The third kappa shape index (κ3) is 2.76. The lowest BCUT2D eigenvalue weighted by atomic mass is 9.88. The minimum atomic E-state index is 0.326. The average molecular weight is 288 g/mol. The molecule has 3 nitrogen and oxygen atoms in total. The quantitative estimate of drug-likeness (QED) is 0.922. The van der Waals surface area contributed by atoms with Crippen molar-refractivity contribution in [2.24, 2.45) is 5.92 Å². The number of rotatable bonds is 3. The molecule has 3 rings (SSSR count). The van der Waals surface area contributed by atoms with E-state index in [1.54, 1.807) is 7.11 Å². The second-order valence-electron chi connectivity index (χ2n) is 6.98. The number of nitrogens with one attached hydrogen (secondary N) is 1. The van der Waals surface area contributed by atoms with Crippen LogP contribution in [-0.2, 0) is 0 Å². The molecule has 1 aliphatic heterocycles. The Morgan fingerprint density at radius 2 is 1.95 bits per heavy atom. The lowest BCUT2D eigenvalue weighted by molar-refractivity contribution is 0.244. The second kappa shape index (κ2) is 5.88. The van der Waals surface area contributed by atoms with Crippen LogP contribution < -0.4 is 15.0 Å². The van der Waals surface area contributed by atoms with Crippen LogP contribution in [0.15, 0.2) is 24.3 Å². The van der Waals surface area contributed by atoms with Gasteiger partial charge in [0.1, 0.15) is 5.75 Å². The number of nitrogens with zero attached hydrogens (tertiary/aromatic N) is 1. The minimum Gasteiger partial charge on any atom is -0.495 e. The molecule has 1 aromatic rings. The van der Waals surface area contributed by atoms with E-state index in [2.05, 4.69) is 48.3 Å². The van der Waals surface area contributed by atoms with Crippen LogP contribution in [0, 0.1) is 5.92 Å². The van der Waals surface area contributed by atoms with Gasteiger partial charge in [0, 0.05) is 24.7 Å². The number of methoxy groups -OCH3 is 1. The monoisotopic (exact) mass is 288 g/mol. The highest BCUT2D eigenvalue weighted by molar-refractivity contribution is 5.60. The van der Waals surface area contributed by atoms with Crippen molar-refractivity contribution in [3.8, 4) is 5.75 Å². The Bertz CT molecular complexity index is 480. The largest absolute Gasteiger partial charge is 0.495 e. The lowest BCUT2D eigenvalue weighted by Gasteiger charge is -2.49. The summed E-state index contributed by atoms with van der Waals surface area (Å²) in [5.41, 5.74) is 1.58. The molecule has 1 aromatic carbocycles. The number of ether oxygens (including phenoxy) is 1. The van der Waals surface area contributed by atoms with Crippen LogP contribution in [0.5, 0.6) is 5.75 Å². The van der Waals surface area contributed by atoms with Gasteiger partial charge in [-0.3, -0.25) is 0 Å². The fourth-order valence-electron chi connectivity index (χ4n) is 4.04. The molecule has 1 atom stereocenters. The molecule has 0 radical (unpaired) electrons. The predicted octanol–water partition coefficient (Wildman–Crippen LogP) is 3.44. The van der Waals surface area contributed by atoms with Gasteiger partial charge >= 0.3 is 0 Å². The lowest BCUT2D eigenvalue weighted by Crippen LogP contribution is -2.64. The summed E-state index contributed by atoms with van der Waals surface area (Å²) in [5.74, 6) is 1.62. The molecule has 1 heterocycles. The van der Waals surface area contributed by atoms with E-state index in [-0.39, 0.29) is 0 Å². The van der Waals surface area contributed by atoms with E-state index in [9.17, 15) is 0 Å².